The Balaban J connectivity index is 1.05. The summed E-state index contributed by atoms with van der Waals surface area (Å²) in [7, 11) is 0. The van der Waals surface area contributed by atoms with Crippen LogP contribution in [0.4, 0.5) is 17.1 Å². The molecule has 1 aromatic heterocycles. The third kappa shape index (κ3) is 5.99. The summed E-state index contributed by atoms with van der Waals surface area (Å²) in [6.45, 7) is 4.72. The molecule has 0 radical (unpaired) electrons. The van der Waals surface area contributed by atoms with E-state index >= 15 is 0 Å². The van der Waals surface area contributed by atoms with Gasteiger partial charge in [-0.05, 0) is 104 Å². The molecule has 0 saturated heterocycles. The van der Waals surface area contributed by atoms with Gasteiger partial charge in [-0.15, -0.1) is 11.3 Å². The lowest BCUT2D eigenvalue weighted by atomic mass is 9.82. The van der Waals surface area contributed by atoms with Crippen LogP contribution in [-0.2, 0) is 5.41 Å². The molecule has 9 aromatic carbocycles. The SMILES string of the molecule is CC1(C)c2ccccc2-c2c(-c3ccccc3N(c3ccc(-c4ccc(-c5ccccc5)cc4)cc3)c3cccc(-c4ccc5c(c4)sc4ccccc45)c3)cccc21. The highest BCUT2D eigenvalue weighted by atomic mass is 32.1. The molecule has 280 valence electrons. The van der Waals surface area contributed by atoms with Gasteiger partial charge in [0.15, 0.2) is 0 Å². The largest absolute Gasteiger partial charge is 0.310 e. The number of anilines is 3. The molecule has 0 spiro atoms. The first-order chi connectivity index (χ1) is 29.0. The third-order valence-electron chi connectivity index (χ3n) is 12.3. The summed E-state index contributed by atoms with van der Waals surface area (Å²) in [5, 5.41) is 2.64. The van der Waals surface area contributed by atoms with Crippen LogP contribution in [0.1, 0.15) is 25.0 Å². The Labute approximate surface area is 350 Å². The second-order valence-electron chi connectivity index (χ2n) is 16.1. The van der Waals surface area contributed by atoms with Crippen molar-refractivity contribution in [3.8, 4) is 55.6 Å². The minimum atomic E-state index is -0.0878. The number of para-hydroxylation sites is 1. The molecule has 0 bridgehead atoms. The lowest BCUT2D eigenvalue weighted by Crippen LogP contribution is -2.14. The highest BCUT2D eigenvalue weighted by Crippen LogP contribution is 2.54. The van der Waals surface area contributed by atoms with Gasteiger partial charge in [0.25, 0.3) is 0 Å². The molecule has 0 saturated carbocycles. The fraction of sp³-hybridized carbons (Fsp3) is 0.0526. The van der Waals surface area contributed by atoms with Gasteiger partial charge >= 0.3 is 0 Å². The number of fused-ring (bicyclic) bond motifs is 6. The standard InChI is InChI=1S/C57H41NS/c1-57(2)51-22-9-6-20-50(51)56-49(21-13-23-52(56)57)46-18-7-10-24-53(46)58(44-33-30-41(31-34-44)40-28-26-39(27-29-40)38-14-4-3-5-15-38)45-17-12-16-42(36-45)43-32-35-48-47-19-8-11-25-54(47)59-55(48)37-43/h3-37H,1-2H3. The number of nitrogens with zero attached hydrogens (tertiary/aromatic N) is 1. The number of rotatable bonds is 7. The summed E-state index contributed by atoms with van der Waals surface area (Å²) in [6, 6.07) is 78.1. The molecular formula is C57H41NS. The molecule has 10 aromatic rings. The van der Waals surface area contributed by atoms with Crippen LogP contribution >= 0.6 is 11.3 Å². The predicted octanol–water partition coefficient (Wildman–Crippen LogP) is 16.5. The summed E-state index contributed by atoms with van der Waals surface area (Å²) >= 11 is 1.87. The molecule has 1 heterocycles. The number of hydrogen-bond donors (Lipinski definition) is 0. The van der Waals surface area contributed by atoms with Crippen LogP contribution in [0.15, 0.2) is 212 Å². The Bertz CT molecular complexity index is 3170. The van der Waals surface area contributed by atoms with Gasteiger partial charge in [0.1, 0.15) is 0 Å². The minimum absolute atomic E-state index is 0.0878. The van der Waals surface area contributed by atoms with Crippen molar-refractivity contribution in [2.45, 2.75) is 19.3 Å². The quantitative estimate of drug-likeness (QED) is 0.156. The van der Waals surface area contributed by atoms with Gasteiger partial charge in [0.05, 0.1) is 5.69 Å². The zero-order valence-electron chi connectivity index (χ0n) is 33.1. The van der Waals surface area contributed by atoms with Crippen LogP contribution in [0.25, 0.3) is 75.8 Å². The Hall–Kier alpha value is -7.00. The Morgan fingerprint density at radius 1 is 0.356 bits per heavy atom. The molecule has 0 fully saturated rings. The highest BCUT2D eigenvalue weighted by molar-refractivity contribution is 7.25. The van der Waals surface area contributed by atoms with Gasteiger partial charge in [-0.25, -0.2) is 0 Å². The highest BCUT2D eigenvalue weighted by Gasteiger charge is 2.37. The van der Waals surface area contributed by atoms with Crippen LogP contribution in [0.3, 0.4) is 0 Å². The van der Waals surface area contributed by atoms with E-state index in [4.69, 9.17) is 0 Å². The molecule has 59 heavy (non-hydrogen) atoms. The molecule has 1 nitrogen and oxygen atoms in total. The van der Waals surface area contributed by atoms with Crippen molar-refractivity contribution in [1.29, 1.82) is 0 Å². The maximum Gasteiger partial charge on any atom is 0.0540 e. The van der Waals surface area contributed by atoms with Crippen LogP contribution in [-0.4, -0.2) is 0 Å². The molecule has 0 unspecified atom stereocenters. The zero-order valence-corrected chi connectivity index (χ0v) is 33.9. The van der Waals surface area contributed by atoms with E-state index in [0.29, 0.717) is 0 Å². The number of thiophene rings is 1. The average Bonchev–Trinajstić information content (AvgIpc) is 3.79. The topological polar surface area (TPSA) is 3.24 Å². The molecule has 11 rings (SSSR count). The van der Waals surface area contributed by atoms with Crippen molar-refractivity contribution >= 4 is 48.6 Å². The molecule has 1 aliphatic carbocycles. The average molecular weight is 772 g/mol. The van der Waals surface area contributed by atoms with E-state index in [1.54, 1.807) is 0 Å². The van der Waals surface area contributed by atoms with Gasteiger partial charge in [0, 0.05) is 42.5 Å². The summed E-state index contributed by atoms with van der Waals surface area (Å²) in [5.41, 5.74) is 18.4. The van der Waals surface area contributed by atoms with E-state index in [0.717, 1.165) is 17.1 Å². The van der Waals surface area contributed by atoms with Gasteiger partial charge in [0.2, 0.25) is 0 Å². The van der Waals surface area contributed by atoms with E-state index in [-0.39, 0.29) is 5.41 Å². The van der Waals surface area contributed by atoms with E-state index in [2.05, 4.69) is 231 Å². The minimum Gasteiger partial charge on any atom is -0.310 e. The number of benzene rings is 9. The van der Waals surface area contributed by atoms with Crippen LogP contribution in [0.2, 0.25) is 0 Å². The van der Waals surface area contributed by atoms with E-state index in [9.17, 15) is 0 Å². The second-order valence-corrected chi connectivity index (χ2v) is 17.2. The molecule has 0 N–H and O–H groups in total. The Morgan fingerprint density at radius 2 is 0.898 bits per heavy atom. The molecule has 1 aliphatic rings. The number of hydrogen-bond acceptors (Lipinski definition) is 2. The van der Waals surface area contributed by atoms with Crippen molar-refractivity contribution in [2.24, 2.45) is 0 Å². The van der Waals surface area contributed by atoms with E-state index in [1.165, 1.54) is 86.9 Å². The maximum atomic E-state index is 2.45. The summed E-state index contributed by atoms with van der Waals surface area (Å²) in [5.74, 6) is 0. The summed E-state index contributed by atoms with van der Waals surface area (Å²) in [6.07, 6.45) is 0. The zero-order chi connectivity index (χ0) is 39.5. The lowest BCUT2D eigenvalue weighted by molar-refractivity contribution is 0.660. The normalized spacial score (nSPS) is 12.7. The predicted molar refractivity (Wildman–Crippen MR) is 253 cm³/mol. The first-order valence-corrected chi connectivity index (χ1v) is 21.2. The van der Waals surface area contributed by atoms with Gasteiger partial charge < -0.3 is 4.90 Å². The van der Waals surface area contributed by atoms with Gasteiger partial charge in [-0.3, -0.25) is 0 Å². The van der Waals surface area contributed by atoms with Crippen LogP contribution < -0.4 is 4.90 Å². The van der Waals surface area contributed by atoms with E-state index in [1.807, 2.05) is 11.3 Å². The smallest absolute Gasteiger partial charge is 0.0540 e. The van der Waals surface area contributed by atoms with Crippen molar-refractivity contribution < 1.29 is 0 Å². The molecule has 0 aliphatic heterocycles. The molecular weight excluding hydrogens is 731 g/mol. The molecule has 0 amide bonds. The first-order valence-electron chi connectivity index (χ1n) is 20.4. The fourth-order valence-corrected chi connectivity index (χ4v) is 10.5. The third-order valence-corrected chi connectivity index (χ3v) is 13.4. The summed E-state index contributed by atoms with van der Waals surface area (Å²) < 4.78 is 2.63. The summed E-state index contributed by atoms with van der Waals surface area (Å²) in [4.78, 5) is 2.45. The van der Waals surface area contributed by atoms with Crippen LogP contribution in [0, 0.1) is 0 Å². The fourth-order valence-electron chi connectivity index (χ4n) is 9.32. The van der Waals surface area contributed by atoms with Crippen molar-refractivity contribution in [2.75, 3.05) is 4.90 Å². The van der Waals surface area contributed by atoms with Crippen molar-refractivity contribution in [1.82, 2.24) is 0 Å². The maximum absolute atomic E-state index is 2.45. The second kappa shape index (κ2) is 14.1. The molecule has 0 atom stereocenters. The van der Waals surface area contributed by atoms with Crippen LogP contribution in [0.5, 0.6) is 0 Å². The van der Waals surface area contributed by atoms with Gasteiger partial charge in [-0.1, -0.05) is 184 Å². The Morgan fingerprint density at radius 3 is 1.69 bits per heavy atom. The first kappa shape index (κ1) is 35.2. The van der Waals surface area contributed by atoms with E-state index < -0.39 is 0 Å². The van der Waals surface area contributed by atoms with Crippen molar-refractivity contribution in [3.63, 3.8) is 0 Å². The Kier molecular flexibility index (Phi) is 8.43. The van der Waals surface area contributed by atoms with Crippen molar-refractivity contribution in [3.05, 3.63) is 223 Å². The monoisotopic (exact) mass is 771 g/mol. The lowest BCUT2D eigenvalue weighted by Gasteiger charge is -2.29. The molecule has 2 heteroatoms. The van der Waals surface area contributed by atoms with Gasteiger partial charge in [-0.2, -0.15) is 0 Å².